The average molecular weight is 369 g/mol. The van der Waals surface area contributed by atoms with Gasteiger partial charge in [0.15, 0.2) is 0 Å². The number of rotatable bonds is 7. The molecule has 0 aromatic heterocycles. The van der Waals surface area contributed by atoms with E-state index in [0.29, 0.717) is 15.3 Å². The van der Waals surface area contributed by atoms with Gasteiger partial charge in [0.05, 0.1) is 5.02 Å². The third kappa shape index (κ3) is 5.25. The van der Waals surface area contributed by atoms with Crippen molar-refractivity contribution in [3.8, 4) is 0 Å². The SMILES string of the molecule is CCCNC(CSC(C)C)c1ccc(Br)c(Cl)c1F. The van der Waals surface area contributed by atoms with Crippen molar-refractivity contribution in [2.24, 2.45) is 0 Å². The van der Waals surface area contributed by atoms with Crippen molar-refractivity contribution in [1.82, 2.24) is 5.32 Å². The summed E-state index contributed by atoms with van der Waals surface area (Å²) in [5.74, 6) is 0.515. The van der Waals surface area contributed by atoms with Crippen LogP contribution in [0.1, 0.15) is 38.8 Å². The fourth-order valence-electron chi connectivity index (χ4n) is 1.68. The fourth-order valence-corrected chi connectivity index (χ4v) is 3.03. The van der Waals surface area contributed by atoms with Crippen molar-refractivity contribution in [2.75, 3.05) is 12.3 Å². The monoisotopic (exact) mass is 367 g/mol. The van der Waals surface area contributed by atoms with Gasteiger partial charge in [-0.3, -0.25) is 0 Å². The van der Waals surface area contributed by atoms with Crippen LogP contribution in [-0.2, 0) is 0 Å². The maximum absolute atomic E-state index is 14.3. The second-order valence-corrected chi connectivity index (χ2v) is 7.50. The lowest BCUT2D eigenvalue weighted by Gasteiger charge is -2.21. The van der Waals surface area contributed by atoms with E-state index in [1.807, 2.05) is 11.8 Å². The van der Waals surface area contributed by atoms with Gasteiger partial charge < -0.3 is 5.32 Å². The molecule has 0 amide bonds. The van der Waals surface area contributed by atoms with Crippen LogP contribution < -0.4 is 5.32 Å². The standard InChI is InChI=1S/C14H20BrClFNS/c1-4-7-18-12(8-19-9(2)3)10-5-6-11(15)13(16)14(10)17/h5-6,9,12,18H,4,7-8H2,1-3H3. The highest BCUT2D eigenvalue weighted by atomic mass is 79.9. The molecule has 0 aliphatic rings. The first-order valence-corrected chi connectivity index (χ1v) is 8.67. The minimum atomic E-state index is -0.325. The molecule has 0 aliphatic heterocycles. The van der Waals surface area contributed by atoms with Crippen molar-refractivity contribution >= 4 is 39.3 Å². The van der Waals surface area contributed by atoms with Crippen molar-refractivity contribution < 1.29 is 4.39 Å². The van der Waals surface area contributed by atoms with Crippen LogP contribution in [0.5, 0.6) is 0 Å². The number of nitrogens with one attached hydrogen (secondary N) is 1. The summed E-state index contributed by atoms with van der Waals surface area (Å²) in [7, 11) is 0. The lowest BCUT2D eigenvalue weighted by molar-refractivity contribution is 0.532. The highest BCUT2D eigenvalue weighted by Gasteiger charge is 2.19. The summed E-state index contributed by atoms with van der Waals surface area (Å²) in [5.41, 5.74) is 0.648. The second kappa shape index (κ2) is 8.50. The van der Waals surface area contributed by atoms with Crippen molar-refractivity contribution in [3.63, 3.8) is 0 Å². The van der Waals surface area contributed by atoms with Crippen LogP contribution in [0.2, 0.25) is 5.02 Å². The minimum absolute atomic E-state index is 0.00190. The van der Waals surface area contributed by atoms with Gasteiger partial charge in [-0.05, 0) is 40.2 Å². The van der Waals surface area contributed by atoms with Crippen LogP contribution in [0.4, 0.5) is 4.39 Å². The maximum Gasteiger partial charge on any atom is 0.147 e. The van der Waals surface area contributed by atoms with Gasteiger partial charge in [0.1, 0.15) is 5.82 Å². The summed E-state index contributed by atoms with van der Waals surface area (Å²) in [6.07, 6.45) is 1.02. The van der Waals surface area contributed by atoms with Crippen LogP contribution in [-0.4, -0.2) is 17.5 Å². The van der Waals surface area contributed by atoms with E-state index >= 15 is 0 Å². The molecule has 0 radical (unpaired) electrons. The van der Waals surface area contributed by atoms with Gasteiger partial charge in [0, 0.05) is 21.8 Å². The molecule has 5 heteroatoms. The molecule has 1 atom stereocenters. The summed E-state index contributed by atoms with van der Waals surface area (Å²) < 4.78 is 14.9. The van der Waals surface area contributed by atoms with E-state index in [9.17, 15) is 4.39 Å². The molecule has 1 unspecified atom stereocenters. The molecule has 1 aromatic rings. The van der Waals surface area contributed by atoms with E-state index in [-0.39, 0.29) is 16.9 Å². The zero-order chi connectivity index (χ0) is 14.4. The first-order chi connectivity index (χ1) is 8.97. The topological polar surface area (TPSA) is 12.0 Å². The van der Waals surface area contributed by atoms with Gasteiger partial charge in [-0.1, -0.05) is 38.4 Å². The normalized spacial score (nSPS) is 13.0. The maximum atomic E-state index is 14.3. The molecular formula is C14H20BrClFNS. The van der Waals surface area contributed by atoms with E-state index in [4.69, 9.17) is 11.6 Å². The van der Waals surface area contributed by atoms with Crippen LogP contribution in [0.3, 0.4) is 0 Å². The minimum Gasteiger partial charge on any atom is -0.309 e. The Balaban J connectivity index is 2.92. The molecular weight excluding hydrogens is 349 g/mol. The molecule has 0 heterocycles. The summed E-state index contributed by atoms with van der Waals surface area (Å²) in [5, 5.41) is 4.08. The molecule has 108 valence electrons. The Morgan fingerprint density at radius 2 is 2.11 bits per heavy atom. The van der Waals surface area contributed by atoms with Crippen LogP contribution in [0.25, 0.3) is 0 Å². The van der Waals surface area contributed by atoms with Gasteiger partial charge in [0.25, 0.3) is 0 Å². The lowest BCUT2D eigenvalue weighted by Crippen LogP contribution is -2.25. The summed E-state index contributed by atoms with van der Waals surface area (Å²) in [6, 6.07) is 3.61. The number of halogens is 3. The molecule has 1 rings (SSSR count). The molecule has 0 saturated heterocycles. The Bertz CT molecular complexity index is 415. The molecule has 0 saturated carbocycles. The molecule has 1 aromatic carbocycles. The Labute approximate surface area is 132 Å². The predicted molar refractivity (Wildman–Crippen MR) is 87.7 cm³/mol. The highest BCUT2D eigenvalue weighted by molar-refractivity contribution is 9.10. The molecule has 19 heavy (non-hydrogen) atoms. The summed E-state index contributed by atoms with van der Waals surface area (Å²) >= 11 is 11.0. The van der Waals surface area contributed by atoms with Crippen molar-refractivity contribution in [3.05, 3.63) is 33.0 Å². The zero-order valence-corrected chi connectivity index (χ0v) is 14.6. The average Bonchev–Trinajstić information content (AvgIpc) is 2.37. The molecule has 0 bridgehead atoms. The van der Waals surface area contributed by atoms with Gasteiger partial charge in [-0.25, -0.2) is 4.39 Å². The first-order valence-electron chi connectivity index (χ1n) is 6.45. The Morgan fingerprint density at radius 1 is 1.42 bits per heavy atom. The fraction of sp³-hybridized carbons (Fsp3) is 0.571. The quantitative estimate of drug-likeness (QED) is 0.645. The number of benzene rings is 1. The first kappa shape index (κ1) is 17.3. The van der Waals surface area contributed by atoms with Gasteiger partial charge in [-0.2, -0.15) is 11.8 Å². The highest BCUT2D eigenvalue weighted by Crippen LogP contribution is 2.32. The van der Waals surface area contributed by atoms with E-state index in [0.717, 1.165) is 18.7 Å². The number of thioether (sulfide) groups is 1. The lowest BCUT2D eigenvalue weighted by atomic mass is 10.1. The van der Waals surface area contributed by atoms with Gasteiger partial charge >= 0.3 is 0 Å². The molecule has 1 N–H and O–H groups in total. The molecule has 1 nitrogen and oxygen atoms in total. The Kier molecular flexibility index (Phi) is 7.73. The Hall–Kier alpha value is 0.230. The molecule has 0 spiro atoms. The third-order valence-electron chi connectivity index (χ3n) is 2.68. The smallest absolute Gasteiger partial charge is 0.147 e. The molecule has 0 fully saturated rings. The van der Waals surface area contributed by atoms with Crippen molar-refractivity contribution in [1.29, 1.82) is 0 Å². The van der Waals surface area contributed by atoms with Crippen LogP contribution in [0, 0.1) is 5.82 Å². The van der Waals surface area contributed by atoms with Gasteiger partial charge in [0.2, 0.25) is 0 Å². The zero-order valence-electron chi connectivity index (χ0n) is 11.5. The van der Waals surface area contributed by atoms with E-state index < -0.39 is 0 Å². The van der Waals surface area contributed by atoms with Crippen LogP contribution >= 0.6 is 39.3 Å². The third-order valence-corrected chi connectivity index (χ3v) is 5.13. The number of hydrogen-bond donors (Lipinski definition) is 1. The van der Waals surface area contributed by atoms with Crippen LogP contribution in [0.15, 0.2) is 16.6 Å². The Morgan fingerprint density at radius 3 is 2.68 bits per heavy atom. The largest absolute Gasteiger partial charge is 0.309 e. The summed E-state index contributed by atoms with van der Waals surface area (Å²) in [4.78, 5) is 0. The van der Waals surface area contributed by atoms with Gasteiger partial charge in [-0.15, -0.1) is 0 Å². The molecule has 0 aliphatic carbocycles. The second-order valence-electron chi connectivity index (χ2n) is 4.65. The van der Waals surface area contributed by atoms with Crippen molar-refractivity contribution in [2.45, 2.75) is 38.5 Å². The van der Waals surface area contributed by atoms with E-state index in [1.54, 1.807) is 12.1 Å². The summed E-state index contributed by atoms with van der Waals surface area (Å²) in [6.45, 7) is 7.26. The van der Waals surface area contributed by atoms with E-state index in [1.165, 1.54) is 0 Å². The van der Waals surface area contributed by atoms with E-state index in [2.05, 4.69) is 42.0 Å². The predicted octanol–water partition coefficient (Wildman–Crippen LogP) is 5.42. The number of hydrogen-bond acceptors (Lipinski definition) is 2.